The van der Waals surface area contributed by atoms with E-state index in [1.54, 1.807) is 0 Å². The van der Waals surface area contributed by atoms with Crippen LogP contribution in [-0.2, 0) is 16.2 Å². The largest absolute Gasteiger partial charge is 0.489 e. The van der Waals surface area contributed by atoms with Gasteiger partial charge in [0.25, 0.3) is 0 Å². The summed E-state index contributed by atoms with van der Waals surface area (Å²) in [6, 6.07) is 18.4. The highest BCUT2D eigenvalue weighted by atomic mass is 16.5. The molecule has 1 aliphatic rings. The van der Waals surface area contributed by atoms with Gasteiger partial charge in [-0.15, -0.1) is 0 Å². The fourth-order valence-corrected chi connectivity index (χ4v) is 3.78. The van der Waals surface area contributed by atoms with Gasteiger partial charge in [-0.1, -0.05) is 62.9 Å². The van der Waals surface area contributed by atoms with Gasteiger partial charge in [-0.2, -0.15) is 0 Å². The summed E-state index contributed by atoms with van der Waals surface area (Å²) in [6.45, 7) is 5.19. The third-order valence-corrected chi connectivity index (χ3v) is 5.63. The molecule has 0 saturated carbocycles. The van der Waals surface area contributed by atoms with E-state index in [1.165, 1.54) is 50.5 Å². The molecule has 0 bridgehead atoms. The van der Waals surface area contributed by atoms with E-state index in [1.807, 2.05) is 42.5 Å². The van der Waals surface area contributed by atoms with Crippen molar-refractivity contribution in [2.75, 3.05) is 13.1 Å². The Kier molecular flexibility index (Phi) is 12.6. The van der Waals surface area contributed by atoms with Gasteiger partial charge in [-0.25, -0.2) is 9.59 Å². The summed E-state index contributed by atoms with van der Waals surface area (Å²) in [5.41, 5.74) is 1.18. The third kappa shape index (κ3) is 10.7. The lowest BCUT2D eigenvalue weighted by Crippen LogP contribution is -2.43. The SMILES string of the molecule is CCCCCCCN1CCCCC1Oc1ccc(OCc2ccccc2)cc1.O=C(O)C(=O)O. The van der Waals surface area contributed by atoms with E-state index < -0.39 is 11.9 Å². The number of hydrogen-bond acceptors (Lipinski definition) is 5. The number of rotatable bonds is 11. The number of ether oxygens (including phenoxy) is 2. The summed E-state index contributed by atoms with van der Waals surface area (Å²) in [5, 5.41) is 14.8. The van der Waals surface area contributed by atoms with Crippen molar-refractivity contribution in [1.82, 2.24) is 4.90 Å². The second-order valence-corrected chi connectivity index (χ2v) is 8.37. The van der Waals surface area contributed by atoms with Crippen LogP contribution in [0.25, 0.3) is 0 Å². The number of aliphatic carboxylic acids is 2. The molecule has 2 aromatic rings. The smallest absolute Gasteiger partial charge is 0.414 e. The Morgan fingerprint density at radius 3 is 2.18 bits per heavy atom. The molecular weight excluding hydrogens is 434 g/mol. The second-order valence-electron chi connectivity index (χ2n) is 8.37. The van der Waals surface area contributed by atoms with Crippen LogP contribution in [0.2, 0.25) is 0 Å². The number of unbranched alkanes of at least 4 members (excludes halogenated alkanes) is 4. The lowest BCUT2D eigenvalue weighted by Gasteiger charge is -2.35. The lowest BCUT2D eigenvalue weighted by molar-refractivity contribution is -0.159. The first-order valence-corrected chi connectivity index (χ1v) is 12.1. The number of hydrogen-bond donors (Lipinski definition) is 2. The van der Waals surface area contributed by atoms with Gasteiger partial charge in [-0.05, 0) is 55.5 Å². The molecule has 0 amide bonds. The summed E-state index contributed by atoms with van der Waals surface area (Å²) in [7, 11) is 0. The first-order chi connectivity index (χ1) is 16.5. The highest BCUT2D eigenvalue weighted by Crippen LogP contribution is 2.24. The number of benzene rings is 2. The zero-order chi connectivity index (χ0) is 24.6. The van der Waals surface area contributed by atoms with Crippen molar-refractivity contribution in [2.45, 2.75) is 71.1 Å². The standard InChI is InChI=1S/C25H35NO2.C2H2O4/c1-2-3-4-5-10-19-26-20-11-9-14-25(26)28-24-17-15-23(16-18-24)27-21-22-12-7-6-8-13-22;3-1(4)2(5)6/h6-8,12-13,15-18,25H,2-5,9-11,14,19-21H2,1H3;(H,3,4)(H,5,6). The number of carboxylic acid groups (broad SMARTS) is 2. The van der Waals surface area contributed by atoms with E-state index in [4.69, 9.17) is 29.3 Å². The molecule has 0 aliphatic carbocycles. The maximum atomic E-state index is 9.10. The van der Waals surface area contributed by atoms with Crippen LogP contribution < -0.4 is 9.47 Å². The van der Waals surface area contributed by atoms with Crippen LogP contribution in [-0.4, -0.2) is 46.4 Å². The van der Waals surface area contributed by atoms with Crippen LogP contribution in [0.4, 0.5) is 0 Å². The van der Waals surface area contributed by atoms with Gasteiger partial charge in [0.1, 0.15) is 18.1 Å². The Labute approximate surface area is 202 Å². The van der Waals surface area contributed by atoms with Crippen molar-refractivity contribution >= 4 is 11.9 Å². The Balaban J connectivity index is 0.000000604. The van der Waals surface area contributed by atoms with Gasteiger partial charge in [0, 0.05) is 13.1 Å². The number of carboxylic acids is 2. The molecule has 0 spiro atoms. The van der Waals surface area contributed by atoms with Gasteiger partial charge in [0.15, 0.2) is 6.23 Å². The van der Waals surface area contributed by atoms with Gasteiger partial charge >= 0.3 is 11.9 Å². The monoisotopic (exact) mass is 471 g/mol. The van der Waals surface area contributed by atoms with Crippen molar-refractivity contribution in [2.24, 2.45) is 0 Å². The van der Waals surface area contributed by atoms with E-state index in [0.29, 0.717) is 6.61 Å². The first kappa shape index (κ1) is 27.2. The molecule has 0 aromatic heterocycles. The number of likely N-dealkylation sites (tertiary alicyclic amines) is 1. The van der Waals surface area contributed by atoms with Crippen LogP contribution in [0.15, 0.2) is 54.6 Å². The van der Waals surface area contributed by atoms with Crippen LogP contribution in [0, 0.1) is 0 Å². The van der Waals surface area contributed by atoms with Crippen LogP contribution >= 0.6 is 0 Å². The molecule has 1 aliphatic heterocycles. The van der Waals surface area contributed by atoms with Crippen molar-refractivity contribution in [3.63, 3.8) is 0 Å². The lowest BCUT2D eigenvalue weighted by atomic mass is 10.1. The Morgan fingerprint density at radius 1 is 0.882 bits per heavy atom. The number of piperidine rings is 1. The second kappa shape index (κ2) is 15.7. The molecule has 7 heteroatoms. The minimum atomic E-state index is -1.82. The fourth-order valence-electron chi connectivity index (χ4n) is 3.78. The minimum absolute atomic E-state index is 0.219. The average Bonchev–Trinajstić information content (AvgIpc) is 2.85. The molecular formula is C27H37NO6. The molecule has 3 rings (SSSR count). The molecule has 2 N–H and O–H groups in total. The molecule has 7 nitrogen and oxygen atoms in total. The van der Waals surface area contributed by atoms with Crippen LogP contribution in [0.1, 0.15) is 63.9 Å². The van der Waals surface area contributed by atoms with Crippen molar-refractivity contribution < 1.29 is 29.3 Å². The highest BCUT2D eigenvalue weighted by molar-refractivity contribution is 6.27. The van der Waals surface area contributed by atoms with Crippen LogP contribution in [0.5, 0.6) is 11.5 Å². The van der Waals surface area contributed by atoms with E-state index in [2.05, 4.69) is 24.0 Å². The molecule has 0 radical (unpaired) electrons. The zero-order valence-corrected chi connectivity index (χ0v) is 20.0. The van der Waals surface area contributed by atoms with E-state index in [9.17, 15) is 0 Å². The zero-order valence-electron chi connectivity index (χ0n) is 20.0. The van der Waals surface area contributed by atoms with Gasteiger partial charge in [0.05, 0.1) is 0 Å². The van der Waals surface area contributed by atoms with Gasteiger partial charge in [-0.3, -0.25) is 4.90 Å². The predicted octanol–water partition coefficient (Wildman–Crippen LogP) is 5.58. The minimum Gasteiger partial charge on any atom is -0.489 e. The van der Waals surface area contributed by atoms with Gasteiger partial charge in [0.2, 0.25) is 0 Å². The molecule has 1 saturated heterocycles. The average molecular weight is 472 g/mol. The number of nitrogens with zero attached hydrogens (tertiary/aromatic N) is 1. The summed E-state index contributed by atoms with van der Waals surface area (Å²) in [4.78, 5) is 20.7. The van der Waals surface area contributed by atoms with Gasteiger partial charge < -0.3 is 19.7 Å². The van der Waals surface area contributed by atoms with Crippen molar-refractivity contribution in [3.8, 4) is 11.5 Å². The van der Waals surface area contributed by atoms with E-state index in [-0.39, 0.29) is 6.23 Å². The maximum absolute atomic E-state index is 9.10. The van der Waals surface area contributed by atoms with Crippen LogP contribution in [0.3, 0.4) is 0 Å². The fraction of sp³-hybridized carbons (Fsp3) is 0.481. The normalized spacial score (nSPS) is 15.6. The molecule has 34 heavy (non-hydrogen) atoms. The maximum Gasteiger partial charge on any atom is 0.414 e. The molecule has 1 fully saturated rings. The topological polar surface area (TPSA) is 96.3 Å². The summed E-state index contributed by atoms with van der Waals surface area (Å²) in [5.74, 6) is -1.83. The quantitative estimate of drug-likeness (QED) is 0.326. The van der Waals surface area contributed by atoms with Crippen molar-refractivity contribution in [3.05, 3.63) is 60.2 Å². The first-order valence-electron chi connectivity index (χ1n) is 12.1. The van der Waals surface area contributed by atoms with Crippen molar-refractivity contribution in [1.29, 1.82) is 0 Å². The summed E-state index contributed by atoms with van der Waals surface area (Å²) < 4.78 is 12.2. The molecule has 186 valence electrons. The van der Waals surface area contributed by atoms with E-state index >= 15 is 0 Å². The molecule has 1 atom stereocenters. The van der Waals surface area contributed by atoms with E-state index in [0.717, 1.165) is 31.0 Å². The Morgan fingerprint density at radius 2 is 1.53 bits per heavy atom. The summed E-state index contributed by atoms with van der Waals surface area (Å²) >= 11 is 0. The Bertz CT molecular complexity index is 828. The number of carbonyl (C=O) groups is 2. The third-order valence-electron chi connectivity index (χ3n) is 5.63. The predicted molar refractivity (Wildman–Crippen MR) is 131 cm³/mol. The molecule has 2 aromatic carbocycles. The molecule has 1 heterocycles. The summed E-state index contributed by atoms with van der Waals surface area (Å²) in [6.07, 6.45) is 10.5. The highest BCUT2D eigenvalue weighted by Gasteiger charge is 2.23. The molecule has 1 unspecified atom stereocenters. The Hall–Kier alpha value is -3.06.